The first kappa shape index (κ1) is 19.5. The number of benzene rings is 1. The number of halogens is 1. The van der Waals surface area contributed by atoms with Crippen molar-refractivity contribution in [3.8, 4) is 0 Å². The standard InChI is InChI=1S/C18H27ClN4O2/c1-2-21-18(23-9-5-6-13(12-23)10-17(20)25)22-11-16(24)14-7-3-4-8-15(14)19/h3-4,7-8,13,16,24H,2,5-6,9-12H2,1H3,(H2,20,25)(H,21,22). The summed E-state index contributed by atoms with van der Waals surface area (Å²) in [5.41, 5.74) is 6.01. The zero-order chi connectivity index (χ0) is 18.2. The smallest absolute Gasteiger partial charge is 0.217 e. The number of primary amides is 1. The molecule has 1 fully saturated rings. The van der Waals surface area contributed by atoms with Gasteiger partial charge in [0.05, 0.1) is 6.54 Å². The van der Waals surface area contributed by atoms with E-state index >= 15 is 0 Å². The fourth-order valence-corrected chi connectivity index (χ4v) is 3.41. The average Bonchev–Trinajstić information content (AvgIpc) is 2.58. The second-order valence-corrected chi connectivity index (χ2v) is 6.76. The quantitative estimate of drug-likeness (QED) is 0.530. The molecule has 1 aliphatic rings. The Morgan fingerprint density at radius 1 is 1.52 bits per heavy atom. The number of nitrogens with one attached hydrogen (secondary N) is 1. The molecule has 7 heteroatoms. The van der Waals surface area contributed by atoms with E-state index in [0.717, 1.165) is 38.4 Å². The molecule has 1 aromatic rings. The van der Waals surface area contributed by atoms with Crippen LogP contribution in [-0.4, -0.2) is 48.1 Å². The van der Waals surface area contributed by atoms with Gasteiger partial charge in [0.25, 0.3) is 0 Å². The number of aliphatic hydroxyl groups excluding tert-OH is 1. The van der Waals surface area contributed by atoms with Crippen LogP contribution in [0.2, 0.25) is 5.02 Å². The summed E-state index contributed by atoms with van der Waals surface area (Å²) in [7, 11) is 0. The van der Waals surface area contributed by atoms with E-state index in [1.54, 1.807) is 12.1 Å². The fraction of sp³-hybridized carbons (Fsp3) is 0.556. The minimum atomic E-state index is -0.756. The van der Waals surface area contributed by atoms with Crippen LogP contribution in [0.15, 0.2) is 29.3 Å². The molecule has 1 amide bonds. The van der Waals surface area contributed by atoms with Gasteiger partial charge in [0, 0.05) is 36.6 Å². The lowest BCUT2D eigenvalue weighted by atomic mass is 9.95. The van der Waals surface area contributed by atoms with E-state index < -0.39 is 6.10 Å². The number of amides is 1. The van der Waals surface area contributed by atoms with Gasteiger partial charge in [0.1, 0.15) is 6.10 Å². The highest BCUT2D eigenvalue weighted by atomic mass is 35.5. The molecule has 1 saturated heterocycles. The third-order valence-corrected chi connectivity index (χ3v) is 4.67. The van der Waals surface area contributed by atoms with Gasteiger partial charge in [-0.3, -0.25) is 9.79 Å². The molecule has 1 aromatic carbocycles. The van der Waals surface area contributed by atoms with E-state index in [1.165, 1.54) is 0 Å². The Balaban J connectivity index is 2.04. The third-order valence-electron chi connectivity index (χ3n) is 4.32. The molecule has 2 atom stereocenters. The molecule has 0 aliphatic carbocycles. The lowest BCUT2D eigenvalue weighted by Crippen LogP contribution is -2.47. The van der Waals surface area contributed by atoms with E-state index in [-0.39, 0.29) is 18.4 Å². The van der Waals surface area contributed by atoms with Crippen molar-refractivity contribution in [2.24, 2.45) is 16.6 Å². The molecule has 1 heterocycles. The fourth-order valence-electron chi connectivity index (χ4n) is 3.15. The maximum atomic E-state index is 11.2. The van der Waals surface area contributed by atoms with E-state index in [4.69, 9.17) is 17.3 Å². The topological polar surface area (TPSA) is 91.0 Å². The SMILES string of the molecule is CCNC(=NCC(O)c1ccccc1Cl)N1CCCC(CC(N)=O)C1. The van der Waals surface area contributed by atoms with Crippen LogP contribution in [-0.2, 0) is 4.79 Å². The second kappa shape index (κ2) is 9.63. The minimum Gasteiger partial charge on any atom is -0.386 e. The van der Waals surface area contributed by atoms with Gasteiger partial charge in [0.2, 0.25) is 5.91 Å². The predicted octanol–water partition coefficient (Wildman–Crippen LogP) is 1.93. The number of likely N-dealkylation sites (tertiary alicyclic amines) is 1. The Bertz CT molecular complexity index is 608. The number of piperidine rings is 1. The van der Waals surface area contributed by atoms with Gasteiger partial charge in [0.15, 0.2) is 5.96 Å². The lowest BCUT2D eigenvalue weighted by Gasteiger charge is -2.34. The summed E-state index contributed by atoms with van der Waals surface area (Å²) in [6, 6.07) is 7.24. The molecular weight excluding hydrogens is 340 g/mol. The van der Waals surface area contributed by atoms with Crippen molar-refractivity contribution in [3.05, 3.63) is 34.9 Å². The Morgan fingerprint density at radius 3 is 2.96 bits per heavy atom. The Morgan fingerprint density at radius 2 is 2.28 bits per heavy atom. The average molecular weight is 367 g/mol. The molecule has 2 rings (SSSR count). The van der Waals surface area contributed by atoms with Crippen molar-refractivity contribution in [3.63, 3.8) is 0 Å². The van der Waals surface area contributed by atoms with Crippen LogP contribution in [0.4, 0.5) is 0 Å². The summed E-state index contributed by atoms with van der Waals surface area (Å²) >= 11 is 6.13. The number of hydrogen-bond acceptors (Lipinski definition) is 3. The minimum absolute atomic E-state index is 0.225. The number of nitrogens with two attached hydrogens (primary N) is 1. The Labute approximate surface area is 154 Å². The maximum absolute atomic E-state index is 11.2. The highest BCUT2D eigenvalue weighted by Crippen LogP contribution is 2.23. The number of guanidine groups is 1. The summed E-state index contributed by atoms with van der Waals surface area (Å²) in [6.45, 7) is 4.59. The van der Waals surface area contributed by atoms with Crippen LogP contribution in [0.5, 0.6) is 0 Å². The number of hydrogen-bond donors (Lipinski definition) is 3. The van der Waals surface area contributed by atoms with E-state index in [0.29, 0.717) is 17.0 Å². The van der Waals surface area contributed by atoms with Gasteiger partial charge in [-0.05, 0) is 31.7 Å². The summed E-state index contributed by atoms with van der Waals surface area (Å²) in [5.74, 6) is 0.745. The summed E-state index contributed by atoms with van der Waals surface area (Å²) in [5, 5.41) is 14.2. The van der Waals surface area contributed by atoms with Crippen LogP contribution in [0, 0.1) is 5.92 Å². The largest absolute Gasteiger partial charge is 0.386 e. The first-order valence-corrected chi connectivity index (χ1v) is 9.13. The van der Waals surface area contributed by atoms with E-state index in [2.05, 4.69) is 15.2 Å². The predicted molar refractivity (Wildman–Crippen MR) is 100 cm³/mol. The Kier molecular flexibility index (Phi) is 7.52. The van der Waals surface area contributed by atoms with Crippen molar-refractivity contribution < 1.29 is 9.90 Å². The summed E-state index contributed by atoms with van der Waals surface area (Å²) in [4.78, 5) is 17.9. The molecule has 2 unspecified atom stereocenters. The zero-order valence-corrected chi connectivity index (χ0v) is 15.4. The number of nitrogens with zero attached hydrogens (tertiary/aromatic N) is 2. The molecule has 0 spiro atoms. The van der Waals surface area contributed by atoms with Crippen molar-refractivity contribution >= 4 is 23.5 Å². The van der Waals surface area contributed by atoms with E-state index in [1.807, 2.05) is 19.1 Å². The first-order valence-electron chi connectivity index (χ1n) is 8.75. The van der Waals surface area contributed by atoms with Crippen LogP contribution in [0.25, 0.3) is 0 Å². The number of carbonyl (C=O) groups excluding carboxylic acids is 1. The van der Waals surface area contributed by atoms with Crippen molar-refractivity contribution in [2.45, 2.75) is 32.3 Å². The van der Waals surface area contributed by atoms with E-state index in [9.17, 15) is 9.90 Å². The number of aliphatic imine (C=N–C) groups is 1. The van der Waals surface area contributed by atoms with Gasteiger partial charge < -0.3 is 21.1 Å². The van der Waals surface area contributed by atoms with Gasteiger partial charge in [-0.15, -0.1) is 0 Å². The van der Waals surface area contributed by atoms with Gasteiger partial charge in [-0.1, -0.05) is 29.8 Å². The third kappa shape index (κ3) is 5.90. The maximum Gasteiger partial charge on any atom is 0.217 e. The molecule has 138 valence electrons. The zero-order valence-electron chi connectivity index (χ0n) is 14.6. The van der Waals surface area contributed by atoms with Crippen LogP contribution >= 0.6 is 11.6 Å². The first-order chi connectivity index (χ1) is 12.0. The second-order valence-electron chi connectivity index (χ2n) is 6.36. The Hall–Kier alpha value is -1.79. The van der Waals surface area contributed by atoms with Gasteiger partial charge in [-0.2, -0.15) is 0 Å². The molecule has 6 nitrogen and oxygen atoms in total. The van der Waals surface area contributed by atoms with Crippen LogP contribution < -0.4 is 11.1 Å². The van der Waals surface area contributed by atoms with Crippen LogP contribution in [0.3, 0.4) is 0 Å². The highest BCUT2D eigenvalue weighted by molar-refractivity contribution is 6.31. The lowest BCUT2D eigenvalue weighted by molar-refractivity contribution is -0.119. The molecule has 0 bridgehead atoms. The van der Waals surface area contributed by atoms with Crippen molar-refractivity contribution in [2.75, 3.05) is 26.2 Å². The monoisotopic (exact) mass is 366 g/mol. The summed E-state index contributed by atoms with van der Waals surface area (Å²) < 4.78 is 0. The molecular formula is C18H27ClN4O2. The highest BCUT2D eigenvalue weighted by Gasteiger charge is 2.23. The molecule has 0 saturated carbocycles. The normalized spacial score (nSPS) is 19.6. The van der Waals surface area contributed by atoms with Crippen LogP contribution in [0.1, 0.15) is 37.9 Å². The molecule has 25 heavy (non-hydrogen) atoms. The number of rotatable bonds is 6. The summed E-state index contributed by atoms with van der Waals surface area (Å²) in [6.07, 6.45) is 1.64. The molecule has 0 aromatic heterocycles. The number of aliphatic hydroxyl groups is 1. The molecule has 1 aliphatic heterocycles. The molecule has 0 radical (unpaired) electrons. The number of carbonyl (C=O) groups is 1. The van der Waals surface area contributed by atoms with Crippen molar-refractivity contribution in [1.29, 1.82) is 0 Å². The van der Waals surface area contributed by atoms with Gasteiger partial charge >= 0.3 is 0 Å². The molecule has 4 N–H and O–H groups in total. The van der Waals surface area contributed by atoms with Gasteiger partial charge in [-0.25, -0.2) is 0 Å². The van der Waals surface area contributed by atoms with Crippen molar-refractivity contribution in [1.82, 2.24) is 10.2 Å².